The molecule has 0 aliphatic heterocycles. The van der Waals surface area contributed by atoms with E-state index >= 15 is 0 Å². The lowest BCUT2D eigenvalue weighted by Gasteiger charge is -2.17. The van der Waals surface area contributed by atoms with Crippen LogP contribution in [-0.2, 0) is 11.2 Å². The normalized spacial score (nSPS) is 13.4. The highest BCUT2D eigenvalue weighted by molar-refractivity contribution is 5.16. The first-order valence-corrected chi connectivity index (χ1v) is 6.44. The van der Waals surface area contributed by atoms with Crippen LogP contribution in [0.5, 0.6) is 0 Å². The molecule has 0 aliphatic carbocycles. The molecule has 2 nitrogen and oxygen atoms in total. The van der Waals surface area contributed by atoms with Gasteiger partial charge in [-0.2, -0.15) is 13.2 Å². The molecule has 0 fully saturated rings. The summed E-state index contributed by atoms with van der Waals surface area (Å²) in [6.45, 7) is -0.535. The summed E-state index contributed by atoms with van der Waals surface area (Å²) in [5.74, 6) is -0.200. The topological polar surface area (TPSA) is 21.3 Å². The van der Waals surface area contributed by atoms with Gasteiger partial charge in [0.15, 0.2) is 0 Å². The van der Waals surface area contributed by atoms with E-state index in [4.69, 9.17) is 0 Å². The van der Waals surface area contributed by atoms with E-state index in [1.807, 2.05) is 6.07 Å². The van der Waals surface area contributed by atoms with E-state index < -0.39 is 12.8 Å². The zero-order valence-corrected chi connectivity index (χ0v) is 11.3. The number of rotatable bonds is 8. The van der Waals surface area contributed by atoms with Gasteiger partial charge >= 0.3 is 6.18 Å². The molecule has 1 N–H and O–H groups in total. The van der Waals surface area contributed by atoms with E-state index in [9.17, 15) is 17.6 Å². The van der Waals surface area contributed by atoms with Crippen LogP contribution in [0.4, 0.5) is 17.6 Å². The van der Waals surface area contributed by atoms with Crippen LogP contribution in [0.25, 0.3) is 0 Å². The Bertz CT molecular complexity index is 395. The van der Waals surface area contributed by atoms with Gasteiger partial charge in [0.1, 0.15) is 12.4 Å². The van der Waals surface area contributed by atoms with Gasteiger partial charge in [0.05, 0.1) is 0 Å². The van der Waals surface area contributed by atoms with E-state index in [0.29, 0.717) is 19.4 Å². The Labute approximate surface area is 116 Å². The van der Waals surface area contributed by atoms with Gasteiger partial charge in [-0.1, -0.05) is 12.1 Å². The minimum atomic E-state index is -4.29. The Balaban J connectivity index is 2.40. The third-order valence-corrected chi connectivity index (χ3v) is 2.84. The molecule has 0 saturated heterocycles. The van der Waals surface area contributed by atoms with Crippen LogP contribution in [0, 0.1) is 11.7 Å². The van der Waals surface area contributed by atoms with Crippen molar-refractivity contribution in [2.45, 2.75) is 19.0 Å². The molecule has 0 saturated carbocycles. The lowest BCUT2D eigenvalue weighted by molar-refractivity contribution is -0.174. The van der Waals surface area contributed by atoms with Crippen molar-refractivity contribution in [1.29, 1.82) is 0 Å². The summed E-state index contributed by atoms with van der Waals surface area (Å²) in [5.41, 5.74) is 0.834. The number of hydrogen-bond donors (Lipinski definition) is 1. The summed E-state index contributed by atoms with van der Waals surface area (Å²) in [4.78, 5) is 0. The second-order valence-corrected chi connectivity index (χ2v) is 4.71. The maximum atomic E-state index is 13.1. The van der Waals surface area contributed by atoms with Crippen LogP contribution in [0.2, 0.25) is 0 Å². The third-order valence-electron chi connectivity index (χ3n) is 2.84. The van der Waals surface area contributed by atoms with Crippen LogP contribution >= 0.6 is 0 Å². The minimum absolute atomic E-state index is 0.0428. The molecule has 1 atom stereocenters. The lowest BCUT2D eigenvalue weighted by atomic mass is 9.96. The molecule has 1 unspecified atom stereocenters. The monoisotopic (exact) mass is 293 g/mol. The van der Waals surface area contributed by atoms with Crippen LogP contribution in [0.1, 0.15) is 12.0 Å². The van der Waals surface area contributed by atoms with Gasteiger partial charge in [0, 0.05) is 6.61 Å². The zero-order chi connectivity index (χ0) is 15.0. The molecule has 0 heterocycles. The number of alkyl halides is 3. The van der Waals surface area contributed by atoms with Crippen molar-refractivity contribution >= 4 is 0 Å². The number of halogens is 4. The molecule has 1 aromatic carbocycles. The summed E-state index contributed by atoms with van der Waals surface area (Å²) in [6, 6.07) is 6.24. The Morgan fingerprint density at radius 2 is 2.05 bits per heavy atom. The molecular weight excluding hydrogens is 274 g/mol. The fourth-order valence-corrected chi connectivity index (χ4v) is 2.00. The van der Waals surface area contributed by atoms with Crippen molar-refractivity contribution in [1.82, 2.24) is 5.32 Å². The minimum Gasteiger partial charge on any atom is -0.372 e. The first-order valence-electron chi connectivity index (χ1n) is 6.44. The van der Waals surface area contributed by atoms with Crippen molar-refractivity contribution in [3.63, 3.8) is 0 Å². The fourth-order valence-electron chi connectivity index (χ4n) is 2.00. The molecule has 0 radical (unpaired) electrons. The van der Waals surface area contributed by atoms with Gasteiger partial charge in [-0.15, -0.1) is 0 Å². The molecule has 6 heteroatoms. The van der Waals surface area contributed by atoms with E-state index in [-0.39, 0.29) is 18.3 Å². The van der Waals surface area contributed by atoms with Gasteiger partial charge in [-0.25, -0.2) is 4.39 Å². The Hall–Kier alpha value is -1.14. The zero-order valence-electron chi connectivity index (χ0n) is 11.3. The van der Waals surface area contributed by atoms with E-state index in [2.05, 4.69) is 10.1 Å². The highest BCUT2D eigenvalue weighted by Crippen LogP contribution is 2.16. The average molecular weight is 293 g/mol. The van der Waals surface area contributed by atoms with Crippen molar-refractivity contribution in [3.05, 3.63) is 35.6 Å². The number of ether oxygens (including phenoxy) is 1. The van der Waals surface area contributed by atoms with Crippen LogP contribution in [-0.4, -0.2) is 33.0 Å². The lowest BCUT2D eigenvalue weighted by Crippen LogP contribution is -2.24. The van der Waals surface area contributed by atoms with Gasteiger partial charge in [-0.05, 0) is 50.0 Å². The molecule has 1 rings (SSSR count). The van der Waals surface area contributed by atoms with E-state index in [1.54, 1.807) is 13.1 Å². The van der Waals surface area contributed by atoms with Crippen molar-refractivity contribution in [2.24, 2.45) is 5.92 Å². The summed E-state index contributed by atoms with van der Waals surface area (Å²) in [7, 11) is 1.77. The molecule has 0 aliphatic rings. The molecule has 0 spiro atoms. The van der Waals surface area contributed by atoms with Gasteiger partial charge in [0.2, 0.25) is 0 Å². The van der Waals surface area contributed by atoms with Gasteiger partial charge in [0.25, 0.3) is 0 Å². The highest BCUT2D eigenvalue weighted by atomic mass is 19.4. The third kappa shape index (κ3) is 7.45. The first-order chi connectivity index (χ1) is 9.40. The summed E-state index contributed by atoms with van der Waals surface area (Å²) in [5, 5.41) is 2.99. The average Bonchev–Trinajstić information content (AvgIpc) is 2.33. The predicted molar refractivity (Wildman–Crippen MR) is 69.0 cm³/mol. The summed E-state index contributed by atoms with van der Waals surface area (Å²) < 4.78 is 53.5. The molecule has 20 heavy (non-hydrogen) atoms. The Morgan fingerprint density at radius 1 is 1.30 bits per heavy atom. The van der Waals surface area contributed by atoms with Crippen molar-refractivity contribution < 1.29 is 22.3 Å². The molecule has 0 bridgehead atoms. The van der Waals surface area contributed by atoms with Crippen LogP contribution in [0.3, 0.4) is 0 Å². The van der Waals surface area contributed by atoms with Gasteiger partial charge < -0.3 is 10.1 Å². The summed E-state index contributed by atoms with van der Waals surface area (Å²) >= 11 is 0. The first kappa shape index (κ1) is 16.9. The SMILES string of the molecule is CNCC(CCOCC(F)(F)F)Cc1cccc(F)c1. The number of nitrogens with one attached hydrogen (secondary N) is 1. The predicted octanol–water partition coefficient (Wildman–Crippen LogP) is 3.17. The van der Waals surface area contributed by atoms with E-state index in [1.165, 1.54) is 12.1 Å². The second kappa shape index (κ2) is 8.21. The quantitative estimate of drug-likeness (QED) is 0.587. The molecule has 0 aromatic heterocycles. The van der Waals surface area contributed by atoms with Crippen LogP contribution < -0.4 is 5.32 Å². The Morgan fingerprint density at radius 3 is 2.65 bits per heavy atom. The molecule has 0 amide bonds. The molecule has 1 aromatic rings. The van der Waals surface area contributed by atoms with Crippen LogP contribution in [0.15, 0.2) is 24.3 Å². The number of hydrogen-bond acceptors (Lipinski definition) is 2. The molecule has 114 valence electrons. The van der Waals surface area contributed by atoms with Gasteiger partial charge in [-0.3, -0.25) is 0 Å². The molecular formula is C14H19F4NO. The summed E-state index contributed by atoms with van der Waals surface area (Å²) in [6.07, 6.45) is -3.19. The van der Waals surface area contributed by atoms with Crippen molar-refractivity contribution in [3.8, 4) is 0 Å². The maximum Gasteiger partial charge on any atom is 0.411 e. The van der Waals surface area contributed by atoms with Crippen molar-refractivity contribution in [2.75, 3.05) is 26.8 Å². The standard InChI is InChI=1S/C14H19F4NO/c1-19-9-12(5-6-20-10-14(16,17)18)7-11-3-2-4-13(15)8-11/h2-4,8,12,19H,5-7,9-10H2,1H3. The highest BCUT2D eigenvalue weighted by Gasteiger charge is 2.27. The maximum absolute atomic E-state index is 13.1. The smallest absolute Gasteiger partial charge is 0.372 e. The fraction of sp³-hybridized carbons (Fsp3) is 0.571. The second-order valence-electron chi connectivity index (χ2n) is 4.71. The van der Waals surface area contributed by atoms with E-state index in [0.717, 1.165) is 5.56 Å². The number of benzene rings is 1. The largest absolute Gasteiger partial charge is 0.411 e. The Kier molecular flexibility index (Phi) is 6.95.